The van der Waals surface area contributed by atoms with E-state index < -0.39 is 0 Å². The summed E-state index contributed by atoms with van der Waals surface area (Å²) in [5.74, 6) is -0.210. The maximum Gasteiger partial charge on any atom is 0.257 e. The molecule has 1 amide bonds. The molecule has 0 aromatic heterocycles. The van der Waals surface area contributed by atoms with Crippen LogP contribution in [0.25, 0.3) is 5.70 Å². The summed E-state index contributed by atoms with van der Waals surface area (Å²) in [4.78, 5) is 19.0. The van der Waals surface area contributed by atoms with E-state index >= 15 is 0 Å². The fraction of sp³-hybridized carbons (Fsp3) is 0.111. The van der Waals surface area contributed by atoms with Crippen LogP contribution in [0.2, 0.25) is 5.02 Å². The quantitative estimate of drug-likeness (QED) is 0.892. The number of hydrogen-bond acceptors (Lipinski definition) is 4. The van der Waals surface area contributed by atoms with Crippen molar-refractivity contribution < 1.29 is 4.79 Å². The van der Waals surface area contributed by atoms with Gasteiger partial charge in [-0.15, -0.1) is 0 Å². The van der Waals surface area contributed by atoms with Crippen LogP contribution in [0.3, 0.4) is 0 Å². The fourth-order valence-corrected chi connectivity index (χ4v) is 3.90. The summed E-state index contributed by atoms with van der Waals surface area (Å²) in [7, 11) is 0. The number of hydrogen-bond donors (Lipinski definition) is 1. The van der Waals surface area contributed by atoms with Crippen molar-refractivity contribution in [2.24, 2.45) is 4.99 Å². The van der Waals surface area contributed by atoms with Crippen LogP contribution < -0.4 is 5.32 Å². The molecule has 1 N–H and O–H groups in total. The van der Waals surface area contributed by atoms with Gasteiger partial charge in [0.2, 0.25) is 0 Å². The average Bonchev–Trinajstić information content (AvgIpc) is 3.19. The van der Waals surface area contributed by atoms with Gasteiger partial charge in [0.05, 0.1) is 22.8 Å². The normalized spacial score (nSPS) is 15.8. The topological polar surface area (TPSA) is 44.7 Å². The molecule has 0 bridgehead atoms. The molecule has 0 spiro atoms. The van der Waals surface area contributed by atoms with Crippen molar-refractivity contribution in [2.45, 2.75) is 0 Å². The number of amidine groups is 1. The summed E-state index contributed by atoms with van der Waals surface area (Å²) in [6.45, 7) is 1.78. The highest BCUT2D eigenvalue weighted by Crippen LogP contribution is 2.35. The number of halogens is 1. The third-order valence-electron chi connectivity index (χ3n) is 3.93. The molecule has 2 heterocycles. The number of aliphatic imine (C=N–C) groups is 1. The molecule has 2 aliphatic heterocycles. The predicted molar refractivity (Wildman–Crippen MR) is 100 cm³/mol. The van der Waals surface area contributed by atoms with Crippen molar-refractivity contribution in [3.63, 3.8) is 0 Å². The zero-order valence-electron chi connectivity index (χ0n) is 12.7. The van der Waals surface area contributed by atoms with Crippen LogP contribution in [0, 0.1) is 0 Å². The van der Waals surface area contributed by atoms with E-state index in [1.807, 2.05) is 24.3 Å². The minimum Gasteiger partial charge on any atom is -0.322 e. The first-order valence-electron chi connectivity index (χ1n) is 7.57. The van der Waals surface area contributed by atoms with E-state index in [4.69, 9.17) is 11.6 Å². The second-order valence-corrected chi connectivity index (χ2v) is 6.69. The molecule has 24 heavy (non-hydrogen) atoms. The molecule has 0 saturated heterocycles. The zero-order chi connectivity index (χ0) is 16.5. The van der Waals surface area contributed by atoms with E-state index in [1.54, 1.807) is 36.0 Å². The second kappa shape index (κ2) is 6.34. The van der Waals surface area contributed by atoms with Gasteiger partial charge < -0.3 is 10.2 Å². The molecule has 120 valence electrons. The van der Waals surface area contributed by atoms with Crippen LogP contribution in [0.1, 0.15) is 15.9 Å². The number of nitrogens with one attached hydrogen (secondary N) is 1. The molecule has 4 nitrogen and oxygen atoms in total. The lowest BCUT2D eigenvalue weighted by molar-refractivity contribution is 0.102. The number of fused-ring (bicyclic) bond motifs is 1. The smallest absolute Gasteiger partial charge is 0.257 e. The van der Waals surface area contributed by atoms with E-state index in [2.05, 4.69) is 20.6 Å². The third kappa shape index (κ3) is 2.81. The number of rotatable bonds is 3. The summed E-state index contributed by atoms with van der Waals surface area (Å²) in [6, 6.07) is 14.8. The SMILES string of the molecule is O=C(Nc1ccc(C2=CSC3=NCCN23)cc1)c1ccccc1Cl. The van der Waals surface area contributed by atoms with Gasteiger partial charge in [0.1, 0.15) is 0 Å². The van der Waals surface area contributed by atoms with Crippen LogP contribution in [0.15, 0.2) is 58.9 Å². The van der Waals surface area contributed by atoms with Crippen LogP contribution in [-0.4, -0.2) is 29.1 Å². The lowest BCUT2D eigenvalue weighted by Gasteiger charge is -2.17. The summed E-state index contributed by atoms with van der Waals surface area (Å²) in [5, 5.41) is 6.51. The lowest BCUT2D eigenvalue weighted by atomic mass is 10.1. The van der Waals surface area contributed by atoms with Crippen LogP contribution in [0.5, 0.6) is 0 Å². The number of thioether (sulfide) groups is 1. The summed E-state index contributed by atoms with van der Waals surface area (Å²) < 4.78 is 0. The first-order valence-corrected chi connectivity index (χ1v) is 8.83. The molecule has 0 aliphatic carbocycles. The van der Waals surface area contributed by atoms with Gasteiger partial charge in [-0.3, -0.25) is 9.79 Å². The maximum atomic E-state index is 12.3. The number of benzene rings is 2. The monoisotopic (exact) mass is 355 g/mol. The molecule has 0 unspecified atom stereocenters. The first-order chi connectivity index (χ1) is 11.7. The van der Waals surface area contributed by atoms with Gasteiger partial charge in [-0.2, -0.15) is 0 Å². The Morgan fingerprint density at radius 3 is 2.75 bits per heavy atom. The molecule has 4 rings (SSSR count). The number of carbonyl (C=O) groups excluding carboxylic acids is 1. The molecule has 6 heteroatoms. The minimum absolute atomic E-state index is 0.210. The highest BCUT2D eigenvalue weighted by Gasteiger charge is 2.26. The molecule has 0 saturated carbocycles. The van der Waals surface area contributed by atoms with Gasteiger partial charge in [0, 0.05) is 17.6 Å². The Morgan fingerprint density at radius 2 is 1.96 bits per heavy atom. The van der Waals surface area contributed by atoms with Gasteiger partial charge in [-0.1, -0.05) is 47.6 Å². The Morgan fingerprint density at radius 1 is 1.17 bits per heavy atom. The van der Waals surface area contributed by atoms with E-state index in [0.29, 0.717) is 10.6 Å². The van der Waals surface area contributed by atoms with Gasteiger partial charge in [-0.25, -0.2) is 0 Å². The largest absolute Gasteiger partial charge is 0.322 e. The predicted octanol–water partition coefficient (Wildman–Crippen LogP) is 4.31. The van der Waals surface area contributed by atoms with Crippen LogP contribution in [-0.2, 0) is 0 Å². The Labute approximate surface area is 149 Å². The second-order valence-electron chi connectivity index (χ2n) is 5.45. The summed E-state index contributed by atoms with van der Waals surface area (Å²) in [6.07, 6.45) is 0. The maximum absolute atomic E-state index is 12.3. The molecular formula is C18H14ClN3OS. The molecular weight excluding hydrogens is 342 g/mol. The van der Waals surface area contributed by atoms with E-state index in [-0.39, 0.29) is 5.91 Å². The van der Waals surface area contributed by atoms with Crippen molar-refractivity contribution in [2.75, 3.05) is 18.4 Å². The zero-order valence-corrected chi connectivity index (χ0v) is 14.3. The van der Waals surface area contributed by atoms with Gasteiger partial charge in [-0.05, 0) is 29.8 Å². The van der Waals surface area contributed by atoms with E-state index in [1.165, 1.54) is 5.70 Å². The van der Waals surface area contributed by atoms with E-state index in [0.717, 1.165) is 29.5 Å². The summed E-state index contributed by atoms with van der Waals surface area (Å²) in [5.41, 5.74) is 3.49. The molecule has 2 aromatic rings. The van der Waals surface area contributed by atoms with Crippen molar-refractivity contribution >= 4 is 45.8 Å². The Balaban J connectivity index is 1.50. The van der Waals surface area contributed by atoms with Crippen LogP contribution in [0.4, 0.5) is 5.69 Å². The molecule has 2 aliphatic rings. The fourth-order valence-electron chi connectivity index (χ4n) is 2.72. The number of anilines is 1. The summed E-state index contributed by atoms with van der Waals surface area (Å²) >= 11 is 7.72. The average molecular weight is 356 g/mol. The van der Waals surface area contributed by atoms with E-state index in [9.17, 15) is 4.79 Å². The Hall–Kier alpha value is -2.24. The molecule has 0 fully saturated rings. The van der Waals surface area contributed by atoms with Crippen molar-refractivity contribution in [1.29, 1.82) is 0 Å². The van der Waals surface area contributed by atoms with Crippen molar-refractivity contribution in [1.82, 2.24) is 4.90 Å². The highest BCUT2D eigenvalue weighted by atomic mass is 35.5. The molecule has 2 aromatic carbocycles. The molecule has 0 radical (unpaired) electrons. The highest BCUT2D eigenvalue weighted by molar-refractivity contribution is 8.16. The third-order valence-corrected chi connectivity index (χ3v) is 5.16. The molecule has 0 atom stereocenters. The Kier molecular flexibility index (Phi) is 4.04. The number of nitrogens with zero attached hydrogens (tertiary/aromatic N) is 2. The first kappa shape index (κ1) is 15.3. The van der Waals surface area contributed by atoms with Gasteiger partial charge >= 0.3 is 0 Å². The van der Waals surface area contributed by atoms with Crippen molar-refractivity contribution in [3.05, 3.63) is 70.1 Å². The van der Waals surface area contributed by atoms with Gasteiger partial charge in [0.25, 0.3) is 5.91 Å². The minimum atomic E-state index is -0.210. The number of amides is 1. The lowest BCUT2D eigenvalue weighted by Crippen LogP contribution is -2.19. The van der Waals surface area contributed by atoms with Crippen LogP contribution >= 0.6 is 23.4 Å². The standard InChI is InChI=1S/C18H14ClN3OS/c19-15-4-2-1-3-14(15)17(23)21-13-7-5-12(6-8-13)16-11-24-18-20-9-10-22(16)18/h1-8,11H,9-10H2,(H,21,23). The van der Waals surface area contributed by atoms with Crippen molar-refractivity contribution in [3.8, 4) is 0 Å². The Bertz CT molecular complexity index is 861. The van der Waals surface area contributed by atoms with Gasteiger partial charge in [0.15, 0.2) is 5.17 Å². The number of carbonyl (C=O) groups is 1.